The van der Waals surface area contributed by atoms with Crippen LogP contribution in [0.25, 0.3) is 0 Å². The average molecular weight is 428 g/mol. The van der Waals surface area contributed by atoms with E-state index < -0.39 is 6.10 Å². The smallest absolute Gasteiger partial charge is 0.290 e. The minimum Gasteiger partial charge on any atom is -0.483 e. The standard InChI is InChI=1S/C21H26N4O3.CH2O2/c26-19-13-16(21(28)24-11-8-17-5-1-2-10-23-17)12-18(19)25-20(27)7-6-15-4-3-9-22-14-15;2-1-3/h1-5,9-10,14,16,18-19,26H,6-8,11-13H2,(H,24,28)(H,25,27);1H,(H,2,3)/t16-,18+,19+;/m0./s1. The topological polar surface area (TPSA) is 142 Å². The van der Waals surface area contributed by atoms with Gasteiger partial charge in [0.05, 0.1) is 12.1 Å². The Hall–Kier alpha value is -3.33. The number of aromatic nitrogens is 2. The highest BCUT2D eigenvalue weighted by Gasteiger charge is 2.37. The van der Waals surface area contributed by atoms with E-state index in [4.69, 9.17) is 9.90 Å². The highest BCUT2D eigenvalue weighted by molar-refractivity contribution is 5.80. The van der Waals surface area contributed by atoms with Crippen molar-refractivity contribution in [1.82, 2.24) is 20.6 Å². The van der Waals surface area contributed by atoms with E-state index in [1.54, 1.807) is 18.6 Å². The molecule has 1 fully saturated rings. The molecule has 9 nitrogen and oxygen atoms in total. The van der Waals surface area contributed by atoms with E-state index in [-0.39, 0.29) is 30.2 Å². The number of carboxylic acid groups (broad SMARTS) is 1. The van der Waals surface area contributed by atoms with Crippen molar-refractivity contribution in [1.29, 1.82) is 0 Å². The molecule has 1 aliphatic carbocycles. The van der Waals surface area contributed by atoms with Crippen LogP contribution in [0.2, 0.25) is 0 Å². The summed E-state index contributed by atoms with van der Waals surface area (Å²) in [5.74, 6) is -0.492. The highest BCUT2D eigenvalue weighted by atomic mass is 16.3. The summed E-state index contributed by atoms with van der Waals surface area (Å²) >= 11 is 0. The molecule has 166 valence electrons. The molecule has 0 aliphatic heterocycles. The average Bonchev–Trinajstić information content (AvgIpc) is 3.14. The van der Waals surface area contributed by atoms with Gasteiger partial charge in [0.15, 0.2) is 0 Å². The second-order valence-electron chi connectivity index (χ2n) is 7.24. The van der Waals surface area contributed by atoms with Gasteiger partial charge in [0.1, 0.15) is 0 Å². The van der Waals surface area contributed by atoms with E-state index in [1.165, 1.54) is 0 Å². The van der Waals surface area contributed by atoms with Gasteiger partial charge in [-0.05, 0) is 43.0 Å². The van der Waals surface area contributed by atoms with E-state index in [0.717, 1.165) is 11.3 Å². The summed E-state index contributed by atoms with van der Waals surface area (Å²) < 4.78 is 0. The van der Waals surface area contributed by atoms with Gasteiger partial charge < -0.3 is 20.8 Å². The Labute approximate surface area is 180 Å². The molecule has 0 aromatic carbocycles. The third-order valence-electron chi connectivity index (χ3n) is 5.02. The molecule has 3 rings (SSSR count). The van der Waals surface area contributed by atoms with Gasteiger partial charge in [-0.25, -0.2) is 0 Å². The zero-order valence-electron chi connectivity index (χ0n) is 17.2. The maximum atomic E-state index is 12.4. The lowest BCUT2D eigenvalue weighted by atomic mass is 10.1. The number of carbonyl (C=O) groups is 3. The number of aliphatic hydroxyl groups is 1. The SMILES string of the molecule is O=C(CCc1cccnc1)N[C@@H]1C[C@H](C(=O)NCCc2ccccn2)C[C@H]1O.O=CO. The molecule has 0 radical (unpaired) electrons. The number of nitrogens with zero attached hydrogens (tertiary/aromatic N) is 2. The molecule has 0 spiro atoms. The van der Waals surface area contributed by atoms with Crippen LogP contribution in [0, 0.1) is 5.92 Å². The molecule has 0 saturated heterocycles. The quantitative estimate of drug-likeness (QED) is 0.454. The molecule has 9 heteroatoms. The second-order valence-corrected chi connectivity index (χ2v) is 7.24. The van der Waals surface area contributed by atoms with Crippen molar-refractivity contribution in [3.63, 3.8) is 0 Å². The Morgan fingerprint density at radius 2 is 1.94 bits per heavy atom. The second kappa shape index (κ2) is 13.1. The van der Waals surface area contributed by atoms with Gasteiger partial charge in [-0.3, -0.25) is 24.4 Å². The minimum atomic E-state index is -0.700. The zero-order valence-corrected chi connectivity index (χ0v) is 17.2. The van der Waals surface area contributed by atoms with Crippen LogP contribution in [-0.4, -0.2) is 57.2 Å². The summed E-state index contributed by atoms with van der Waals surface area (Å²) in [4.78, 5) is 41.2. The molecule has 2 aromatic rings. The van der Waals surface area contributed by atoms with E-state index in [9.17, 15) is 14.7 Å². The first-order valence-electron chi connectivity index (χ1n) is 10.1. The van der Waals surface area contributed by atoms with Crippen LogP contribution >= 0.6 is 0 Å². The lowest BCUT2D eigenvalue weighted by Gasteiger charge is -2.16. The summed E-state index contributed by atoms with van der Waals surface area (Å²) in [6.45, 7) is 0.255. The third-order valence-corrected chi connectivity index (χ3v) is 5.02. The summed E-state index contributed by atoms with van der Waals surface area (Å²) in [7, 11) is 0. The summed E-state index contributed by atoms with van der Waals surface area (Å²) in [6, 6.07) is 9.07. The number of aryl methyl sites for hydroxylation is 1. The van der Waals surface area contributed by atoms with Gasteiger partial charge in [0.25, 0.3) is 6.47 Å². The van der Waals surface area contributed by atoms with Crippen LogP contribution in [0.1, 0.15) is 30.5 Å². The number of hydrogen-bond donors (Lipinski definition) is 4. The van der Waals surface area contributed by atoms with Gasteiger partial charge in [0, 0.05) is 49.6 Å². The molecule has 31 heavy (non-hydrogen) atoms. The fraction of sp³-hybridized carbons (Fsp3) is 0.409. The van der Waals surface area contributed by atoms with Crippen molar-refractivity contribution in [3.05, 3.63) is 60.2 Å². The van der Waals surface area contributed by atoms with Crippen molar-refractivity contribution < 1.29 is 24.6 Å². The number of aliphatic hydroxyl groups excluding tert-OH is 1. The van der Waals surface area contributed by atoms with Gasteiger partial charge in [-0.2, -0.15) is 0 Å². The first-order valence-corrected chi connectivity index (χ1v) is 10.1. The Kier molecular flexibility index (Phi) is 10.1. The summed E-state index contributed by atoms with van der Waals surface area (Å²) in [5, 5.41) is 22.9. The van der Waals surface area contributed by atoms with E-state index in [1.807, 2.05) is 30.3 Å². The zero-order chi connectivity index (χ0) is 22.5. The highest BCUT2D eigenvalue weighted by Crippen LogP contribution is 2.26. The Bertz CT molecular complexity index is 819. The third kappa shape index (κ3) is 8.51. The number of rotatable bonds is 8. The van der Waals surface area contributed by atoms with Crippen LogP contribution in [0.15, 0.2) is 48.9 Å². The predicted octanol–water partition coefficient (Wildman–Crippen LogP) is 0.725. The number of pyridine rings is 2. The fourth-order valence-electron chi connectivity index (χ4n) is 3.47. The van der Waals surface area contributed by atoms with Crippen molar-refractivity contribution in [2.45, 2.75) is 44.2 Å². The van der Waals surface area contributed by atoms with Gasteiger partial charge in [-0.15, -0.1) is 0 Å². The molecule has 1 saturated carbocycles. The Balaban J connectivity index is 0.00000107. The predicted molar refractivity (Wildman–Crippen MR) is 113 cm³/mol. The van der Waals surface area contributed by atoms with Crippen molar-refractivity contribution in [3.8, 4) is 0 Å². The molecule has 2 heterocycles. The summed E-state index contributed by atoms with van der Waals surface area (Å²) in [5.41, 5.74) is 1.92. The monoisotopic (exact) mass is 428 g/mol. The first kappa shape index (κ1) is 23.9. The normalized spacial score (nSPS) is 19.6. The maximum absolute atomic E-state index is 12.4. The minimum absolute atomic E-state index is 0.0814. The maximum Gasteiger partial charge on any atom is 0.290 e. The van der Waals surface area contributed by atoms with Crippen LogP contribution in [0.4, 0.5) is 0 Å². The number of nitrogens with one attached hydrogen (secondary N) is 2. The van der Waals surface area contributed by atoms with E-state index >= 15 is 0 Å². The molecular formula is C22H28N4O5. The summed E-state index contributed by atoms with van der Waals surface area (Å²) in [6.07, 6.45) is 6.87. The van der Waals surface area contributed by atoms with Gasteiger partial charge >= 0.3 is 0 Å². The number of carbonyl (C=O) groups excluding carboxylic acids is 2. The van der Waals surface area contributed by atoms with Gasteiger partial charge in [-0.1, -0.05) is 12.1 Å². The molecule has 3 atom stereocenters. The molecular weight excluding hydrogens is 400 g/mol. The molecule has 0 bridgehead atoms. The fourth-order valence-corrected chi connectivity index (χ4v) is 3.47. The van der Waals surface area contributed by atoms with E-state index in [2.05, 4.69) is 20.6 Å². The molecule has 4 N–H and O–H groups in total. The van der Waals surface area contributed by atoms with Crippen LogP contribution in [0.5, 0.6) is 0 Å². The lowest BCUT2D eigenvalue weighted by Crippen LogP contribution is -2.40. The molecule has 1 aliphatic rings. The first-order chi connectivity index (χ1) is 15.0. The Morgan fingerprint density at radius 1 is 1.13 bits per heavy atom. The largest absolute Gasteiger partial charge is 0.483 e. The molecule has 0 unspecified atom stereocenters. The molecule has 2 amide bonds. The number of amides is 2. The lowest BCUT2D eigenvalue weighted by molar-refractivity contribution is -0.125. The van der Waals surface area contributed by atoms with Crippen LogP contribution in [-0.2, 0) is 27.2 Å². The van der Waals surface area contributed by atoms with E-state index in [0.29, 0.717) is 38.6 Å². The Morgan fingerprint density at radius 3 is 2.61 bits per heavy atom. The number of hydrogen-bond acceptors (Lipinski definition) is 6. The van der Waals surface area contributed by atoms with Crippen LogP contribution < -0.4 is 10.6 Å². The van der Waals surface area contributed by atoms with Gasteiger partial charge in [0.2, 0.25) is 11.8 Å². The van der Waals surface area contributed by atoms with Crippen molar-refractivity contribution in [2.24, 2.45) is 5.92 Å². The molecule has 2 aromatic heterocycles. The van der Waals surface area contributed by atoms with Crippen molar-refractivity contribution in [2.75, 3.05) is 6.54 Å². The van der Waals surface area contributed by atoms with Crippen LogP contribution in [0.3, 0.4) is 0 Å². The van der Waals surface area contributed by atoms with Crippen molar-refractivity contribution >= 4 is 18.3 Å².